The van der Waals surface area contributed by atoms with Gasteiger partial charge in [0, 0.05) is 19.1 Å². The SMILES string of the molecule is CCC(CO)NCC(=O)N1CCCCC1. The lowest BCUT2D eigenvalue weighted by Gasteiger charge is -2.27. The summed E-state index contributed by atoms with van der Waals surface area (Å²) in [5.41, 5.74) is 0. The van der Waals surface area contributed by atoms with Gasteiger partial charge in [-0.1, -0.05) is 6.92 Å². The van der Waals surface area contributed by atoms with Crippen molar-refractivity contribution in [3.8, 4) is 0 Å². The maximum absolute atomic E-state index is 11.7. The van der Waals surface area contributed by atoms with E-state index in [1.807, 2.05) is 11.8 Å². The molecule has 0 aromatic carbocycles. The van der Waals surface area contributed by atoms with Gasteiger partial charge in [0.25, 0.3) is 0 Å². The first kappa shape index (κ1) is 12.5. The predicted octanol–water partition coefficient (Wildman–Crippen LogP) is 0.359. The van der Waals surface area contributed by atoms with Gasteiger partial charge in [0.2, 0.25) is 5.91 Å². The molecule has 1 aliphatic heterocycles. The van der Waals surface area contributed by atoms with E-state index >= 15 is 0 Å². The average Bonchev–Trinajstić information content (AvgIpc) is 2.31. The van der Waals surface area contributed by atoms with Crippen molar-refractivity contribution in [2.75, 3.05) is 26.2 Å². The largest absolute Gasteiger partial charge is 0.395 e. The van der Waals surface area contributed by atoms with Gasteiger partial charge in [-0.2, -0.15) is 0 Å². The molecule has 0 bridgehead atoms. The molecule has 2 N–H and O–H groups in total. The number of carbonyl (C=O) groups is 1. The fourth-order valence-corrected chi connectivity index (χ4v) is 1.82. The molecule has 1 saturated heterocycles. The van der Waals surface area contributed by atoms with Crippen LogP contribution in [-0.2, 0) is 4.79 Å². The fraction of sp³-hybridized carbons (Fsp3) is 0.909. The number of nitrogens with zero attached hydrogens (tertiary/aromatic N) is 1. The van der Waals surface area contributed by atoms with Crippen LogP contribution in [0.4, 0.5) is 0 Å². The molecule has 0 aromatic heterocycles. The number of rotatable bonds is 5. The molecule has 0 aliphatic carbocycles. The van der Waals surface area contributed by atoms with E-state index in [4.69, 9.17) is 5.11 Å². The quantitative estimate of drug-likeness (QED) is 0.695. The molecule has 0 radical (unpaired) electrons. The van der Waals surface area contributed by atoms with E-state index in [0.717, 1.165) is 32.4 Å². The highest BCUT2D eigenvalue weighted by molar-refractivity contribution is 5.78. The number of piperidine rings is 1. The highest BCUT2D eigenvalue weighted by Crippen LogP contribution is 2.08. The van der Waals surface area contributed by atoms with E-state index < -0.39 is 0 Å². The van der Waals surface area contributed by atoms with Crippen LogP contribution in [0.1, 0.15) is 32.6 Å². The Balaban J connectivity index is 2.22. The van der Waals surface area contributed by atoms with E-state index in [1.54, 1.807) is 0 Å². The van der Waals surface area contributed by atoms with Crippen molar-refractivity contribution < 1.29 is 9.90 Å². The van der Waals surface area contributed by atoms with Crippen LogP contribution < -0.4 is 5.32 Å². The number of hydrogen-bond acceptors (Lipinski definition) is 3. The molecule has 88 valence electrons. The van der Waals surface area contributed by atoms with Crippen molar-refractivity contribution in [3.05, 3.63) is 0 Å². The number of amides is 1. The lowest BCUT2D eigenvalue weighted by molar-refractivity contribution is -0.131. The predicted molar refractivity (Wildman–Crippen MR) is 59.6 cm³/mol. The number of carbonyl (C=O) groups excluding carboxylic acids is 1. The van der Waals surface area contributed by atoms with Crippen LogP contribution in [0.3, 0.4) is 0 Å². The Morgan fingerprint density at radius 2 is 2.07 bits per heavy atom. The van der Waals surface area contributed by atoms with E-state index in [2.05, 4.69) is 5.32 Å². The summed E-state index contributed by atoms with van der Waals surface area (Å²) < 4.78 is 0. The molecule has 1 amide bonds. The average molecular weight is 214 g/mol. The van der Waals surface area contributed by atoms with Crippen molar-refractivity contribution in [1.29, 1.82) is 0 Å². The van der Waals surface area contributed by atoms with E-state index in [9.17, 15) is 4.79 Å². The first-order valence-electron chi connectivity index (χ1n) is 5.90. The van der Waals surface area contributed by atoms with Crippen LogP contribution in [0.5, 0.6) is 0 Å². The highest BCUT2D eigenvalue weighted by Gasteiger charge is 2.16. The minimum atomic E-state index is 0.0544. The number of nitrogens with one attached hydrogen (secondary N) is 1. The Kier molecular flexibility index (Phi) is 5.65. The molecule has 15 heavy (non-hydrogen) atoms. The third kappa shape index (κ3) is 4.18. The Hall–Kier alpha value is -0.610. The first-order chi connectivity index (χ1) is 7.27. The Morgan fingerprint density at radius 3 is 2.60 bits per heavy atom. The molecule has 1 fully saturated rings. The third-order valence-electron chi connectivity index (χ3n) is 2.96. The topological polar surface area (TPSA) is 52.6 Å². The summed E-state index contributed by atoms with van der Waals surface area (Å²) >= 11 is 0. The Morgan fingerprint density at radius 1 is 1.40 bits per heavy atom. The van der Waals surface area contributed by atoms with Gasteiger partial charge >= 0.3 is 0 Å². The van der Waals surface area contributed by atoms with Crippen LogP contribution in [0.2, 0.25) is 0 Å². The van der Waals surface area contributed by atoms with Crippen molar-refractivity contribution in [3.63, 3.8) is 0 Å². The zero-order valence-electron chi connectivity index (χ0n) is 9.54. The molecule has 0 spiro atoms. The number of likely N-dealkylation sites (tertiary alicyclic amines) is 1. The molecule has 1 unspecified atom stereocenters. The van der Waals surface area contributed by atoms with Crippen LogP contribution in [0, 0.1) is 0 Å². The van der Waals surface area contributed by atoms with Gasteiger partial charge in [-0.05, 0) is 25.7 Å². The van der Waals surface area contributed by atoms with E-state index in [0.29, 0.717) is 6.54 Å². The molecule has 4 nitrogen and oxygen atoms in total. The summed E-state index contributed by atoms with van der Waals surface area (Å²) in [5.74, 6) is 0.168. The number of aliphatic hydroxyl groups excluding tert-OH is 1. The van der Waals surface area contributed by atoms with E-state index in [1.165, 1.54) is 6.42 Å². The molecule has 0 saturated carbocycles. The van der Waals surface area contributed by atoms with Crippen molar-refractivity contribution in [2.45, 2.75) is 38.6 Å². The fourth-order valence-electron chi connectivity index (χ4n) is 1.82. The minimum Gasteiger partial charge on any atom is -0.395 e. The van der Waals surface area contributed by atoms with Crippen LogP contribution in [0.15, 0.2) is 0 Å². The maximum Gasteiger partial charge on any atom is 0.236 e. The lowest BCUT2D eigenvalue weighted by Crippen LogP contribution is -2.44. The van der Waals surface area contributed by atoms with Crippen molar-refractivity contribution in [2.24, 2.45) is 0 Å². The van der Waals surface area contributed by atoms with E-state index in [-0.39, 0.29) is 18.6 Å². The standard InChI is InChI=1S/C11H22N2O2/c1-2-10(9-14)12-8-11(15)13-6-4-3-5-7-13/h10,12,14H,2-9H2,1H3. The number of hydrogen-bond donors (Lipinski definition) is 2. The van der Waals surface area contributed by atoms with Crippen LogP contribution in [-0.4, -0.2) is 48.2 Å². The zero-order chi connectivity index (χ0) is 11.1. The molecular formula is C11H22N2O2. The lowest BCUT2D eigenvalue weighted by atomic mass is 10.1. The van der Waals surface area contributed by atoms with Gasteiger partial charge in [0.05, 0.1) is 13.2 Å². The van der Waals surface area contributed by atoms with Gasteiger partial charge in [-0.3, -0.25) is 4.79 Å². The third-order valence-corrected chi connectivity index (χ3v) is 2.96. The monoisotopic (exact) mass is 214 g/mol. The summed E-state index contributed by atoms with van der Waals surface area (Å²) in [4.78, 5) is 13.6. The zero-order valence-corrected chi connectivity index (χ0v) is 9.54. The second kappa shape index (κ2) is 6.80. The minimum absolute atomic E-state index is 0.0544. The summed E-state index contributed by atoms with van der Waals surface area (Å²) in [5, 5.41) is 12.0. The molecule has 1 aliphatic rings. The van der Waals surface area contributed by atoms with Gasteiger partial charge in [-0.15, -0.1) is 0 Å². The molecule has 1 atom stereocenters. The second-order valence-corrected chi connectivity index (χ2v) is 4.11. The number of aliphatic hydroxyl groups is 1. The summed E-state index contributed by atoms with van der Waals surface area (Å²) in [6.07, 6.45) is 4.35. The van der Waals surface area contributed by atoms with Gasteiger partial charge in [0.1, 0.15) is 0 Å². The molecule has 4 heteroatoms. The highest BCUT2D eigenvalue weighted by atomic mass is 16.3. The smallest absolute Gasteiger partial charge is 0.236 e. The first-order valence-corrected chi connectivity index (χ1v) is 5.90. The maximum atomic E-state index is 11.7. The Labute approximate surface area is 91.6 Å². The Bertz CT molecular complexity index is 187. The summed E-state index contributed by atoms with van der Waals surface area (Å²) in [6.45, 7) is 4.26. The van der Waals surface area contributed by atoms with Crippen molar-refractivity contribution in [1.82, 2.24) is 10.2 Å². The summed E-state index contributed by atoms with van der Waals surface area (Å²) in [7, 11) is 0. The summed E-state index contributed by atoms with van der Waals surface area (Å²) in [6, 6.07) is 0.0544. The molecular weight excluding hydrogens is 192 g/mol. The van der Waals surface area contributed by atoms with Gasteiger partial charge < -0.3 is 15.3 Å². The second-order valence-electron chi connectivity index (χ2n) is 4.11. The van der Waals surface area contributed by atoms with Gasteiger partial charge in [0.15, 0.2) is 0 Å². The van der Waals surface area contributed by atoms with Crippen LogP contribution >= 0.6 is 0 Å². The molecule has 0 aromatic rings. The molecule has 1 heterocycles. The normalized spacial score (nSPS) is 18.9. The van der Waals surface area contributed by atoms with Crippen molar-refractivity contribution >= 4 is 5.91 Å². The van der Waals surface area contributed by atoms with Crippen LogP contribution in [0.25, 0.3) is 0 Å². The van der Waals surface area contributed by atoms with Gasteiger partial charge in [-0.25, -0.2) is 0 Å². The molecule has 1 rings (SSSR count).